The number of nitrogens with one attached hydrogen (secondary N) is 1. The lowest BCUT2D eigenvalue weighted by Crippen LogP contribution is -2.41. The van der Waals surface area contributed by atoms with Gasteiger partial charge in [0.05, 0.1) is 5.25 Å². The van der Waals surface area contributed by atoms with Crippen molar-refractivity contribution < 1.29 is 8.42 Å². The summed E-state index contributed by atoms with van der Waals surface area (Å²) in [6.45, 7) is 3.26. The lowest BCUT2D eigenvalue weighted by molar-refractivity contribution is 0.415. The van der Waals surface area contributed by atoms with Crippen molar-refractivity contribution in [2.45, 2.75) is 50.3 Å². The molecule has 2 rings (SSSR count). The summed E-state index contributed by atoms with van der Waals surface area (Å²) in [5.74, 6) is 1.60. The van der Waals surface area contributed by atoms with Crippen molar-refractivity contribution in [2.75, 3.05) is 12.8 Å². The molecule has 16 heavy (non-hydrogen) atoms. The molecule has 0 amide bonds. The predicted octanol–water partition coefficient (Wildman–Crippen LogP) is 1.59. The monoisotopic (exact) mass is 245 g/mol. The van der Waals surface area contributed by atoms with Gasteiger partial charge in [0.15, 0.2) is 9.84 Å². The van der Waals surface area contributed by atoms with Gasteiger partial charge in [0.1, 0.15) is 0 Å². The van der Waals surface area contributed by atoms with Crippen LogP contribution in [0.4, 0.5) is 0 Å². The second-order valence-electron chi connectivity index (χ2n) is 5.63. The Labute approximate surface area is 98.9 Å². The van der Waals surface area contributed by atoms with Gasteiger partial charge < -0.3 is 5.32 Å². The van der Waals surface area contributed by atoms with Gasteiger partial charge in [-0.05, 0) is 44.1 Å². The fourth-order valence-corrected chi connectivity index (χ4v) is 4.27. The van der Waals surface area contributed by atoms with Gasteiger partial charge in [-0.1, -0.05) is 13.3 Å². The Hall–Kier alpha value is -0.0900. The maximum absolute atomic E-state index is 11.6. The van der Waals surface area contributed by atoms with Gasteiger partial charge in [0.25, 0.3) is 0 Å². The van der Waals surface area contributed by atoms with Gasteiger partial charge >= 0.3 is 0 Å². The highest BCUT2D eigenvalue weighted by Gasteiger charge is 2.35. The van der Waals surface area contributed by atoms with Crippen LogP contribution in [0.5, 0.6) is 0 Å². The van der Waals surface area contributed by atoms with Crippen LogP contribution >= 0.6 is 0 Å². The van der Waals surface area contributed by atoms with Crippen LogP contribution in [0.15, 0.2) is 0 Å². The fourth-order valence-electron chi connectivity index (χ4n) is 2.84. The van der Waals surface area contributed by atoms with Gasteiger partial charge in [0.2, 0.25) is 0 Å². The molecule has 0 heterocycles. The van der Waals surface area contributed by atoms with E-state index < -0.39 is 9.84 Å². The molecule has 0 aliphatic heterocycles. The van der Waals surface area contributed by atoms with E-state index in [2.05, 4.69) is 12.2 Å². The molecule has 0 aromatic rings. The van der Waals surface area contributed by atoms with Crippen LogP contribution in [0.2, 0.25) is 0 Å². The average molecular weight is 245 g/mol. The van der Waals surface area contributed by atoms with Crippen LogP contribution in [-0.2, 0) is 9.84 Å². The van der Waals surface area contributed by atoms with Crippen molar-refractivity contribution in [1.29, 1.82) is 0 Å². The topological polar surface area (TPSA) is 46.2 Å². The third-order valence-electron chi connectivity index (χ3n) is 4.13. The van der Waals surface area contributed by atoms with Crippen molar-refractivity contribution in [1.82, 2.24) is 5.32 Å². The molecule has 0 saturated heterocycles. The minimum atomic E-state index is -2.87. The molecule has 1 N–H and O–H groups in total. The predicted molar refractivity (Wildman–Crippen MR) is 66.2 cm³/mol. The molecule has 4 heteroatoms. The first-order valence-corrected chi connectivity index (χ1v) is 8.36. The van der Waals surface area contributed by atoms with Crippen molar-refractivity contribution in [3.05, 3.63) is 0 Å². The van der Waals surface area contributed by atoms with Crippen molar-refractivity contribution in [2.24, 2.45) is 11.8 Å². The average Bonchev–Trinajstić information content (AvgIpc) is 2.91. The zero-order valence-electron chi connectivity index (χ0n) is 10.3. The lowest BCUT2D eigenvalue weighted by Gasteiger charge is -2.21. The Morgan fingerprint density at radius 3 is 2.50 bits per heavy atom. The summed E-state index contributed by atoms with van der Waals surface area (Å²) < 4.78 is 23.2. The molecule has 0 aromatic heterocycles. The number of rotatable bonds is 5. The van der Waals surface area contributed by atoms with Crippen LogP contribution in [0.25, 0.3) is 0 Å². The minimum absolute atomic E-state index is 0.140. The Morgan fingerprint density at radius 2 is 1.94 bits per heavy atom. The van der Waals surface area contributed by atoms with E-state index in [1.54, 1.807) is 0 Å². The second kappa shape index (κ2) is 4.65. The standard InChI is InChI=1S/C12H23NO2S/c1-9(10-6-7-10)8-13-11-4-3-5-12(11)16(2,14)15/h9-13H,3-8H2,1-2H3. The van der Waals surface area contributed by atoms with Crippen molar-refractivity contribution in [3.63, 3.8) is 0 Å². The van der Waals surface area contributed by atoms with E-state index in [-0.39, 0.29) is 11.3 Å². The summed E-state index contributed by atoms with van der Waals surface area (Å²) in [4.78, 5) is 0. The second-order valence-corrected chi connectivity index (χ2v) is 7.89. The van der Waals surface area contributed by atoms with Gasteiger partial charge in [-0.15, -0.1) is 0 Å². The van der Waals surface area contributed by atoms with E-state index in [0.29, 0.717) is 5.92 Å². The van der Waals surface area contributed by atoms with Crippen molar-refractivity contribution in [3.8, 4) is 0 Å². The SMILES string of the molecule is CC(CNC1CCCC1S(C)(=O)=O)C1CC1. The molecule has 2 fully saturated rings. The van der Waals surface area contributed by atoms with Gasteiger partial charge in [-0.3, -0.25) is 0 Å². The molecular formula is C12H23NO2S. The number of sulfone groups is 1. The molecule has 2 aliphatic rings. The molecule has 3 nitrogen and oxygen atoms in total. The highest BCUT2D eigenvalue weighted by atomic mass is 32.2. The maximum Gasteiger partial charge on any atom is 0.151 e. The summed E-state index contributed by atoms with van der Waals surface area (Å²) in [5, 5.41) is 3.34. The van der Waals surface area contributed by atoms with E-state index >= 15 is 0 Å². The highest BCUT2D eigenvalue weighted by molar-refractivity contribution is 7.91. The molecule has 0 aromatic carbocycles. The summed E-state index contributed by atoms with van der Waals surface area (Å²) in [6.07, 6.45) is 7.02. The third-order valence-corrected chi connectivity index (χ3v) is 5.80. The minimum Gasteiger partial charge on any atom is -0.312 e. The van der Waals surface area contributed by atoms with Gasteiger partial charge in [-0.2, -0.15) is 0 Å². The largest absolute Gasteiger partial charge is 0.312 e. The highest BCUT2D eigenvalue weighted by Crippen LogP contribution is 2.36. The first-order valence-electron chi connectivity index (χ1n) is 6.40. The Morgan fingerprint density at radius 1 is 1.25 bits per heavy atom. The molecule has 2 aliphatic carbocycles. The molecule has 3 unspecified atom stereocenters. The molecule has 0 spiro atoms. The number of hydrogen-bond acceptors (Lipinski definition) is 3. The first-order chi connectivity index (χ1) is 7.48. The quantitative estimate of drug-likeness (QED) is 0.800. The van der Waals surface area contributed by atoms with Crippen LogP contribution in [0.3, 0.4) is 0 Å². The normalized spacial score (nSPS) is 32.9. The summed E-state index contributed by atoms with van der Waals surface area (Å²) >= 11 is 0. The summed E-state index contributed by atoms with van der Waals surface area (Å²) in [5.41, 5.74) is 0. The molecule has 94 valence electrons. The fraction of sp³-hybridized carbons (Fsp3) is 1.00. The van der Waals surface area contributed by atoms with Crippen LogP contribution in [-0.4, -0.2) is 32.5 Å². The number of hydrogen-bond donors (Lipinski definition) is 1. The van der Waals surface area contributed by atoms with E-state index in [1.165, 1.54) is 19.1 Å². The van der Waals surface area contributed by atoms with E-state index in [9.17, 15) is 8.42 Å². The smallest absolute Gasteiger partial charge is 0.151 e. The maximum atomic E-state index is 11.6. The van der Waals surface area contributed by atoms with E-state index in [4.69, 9.17) is 0 Å². The Kier molecular flexibility index (Phi) is 3.59. The Balaban J connectivity index is 1.83. The first kappa shape index (κ1) is 12.4. The zero-order valence-corrected chi connectivity index (χ0v) is 11.1. The van der Waals surface area contributed by atoms with Crippen LogP contribution in [0, 0.1) is 11.8 Å². The van der Waals surface area contributed by atoms with E-state index in [0.717, 1.165) is 31.7 Å². The van der Waals surface area contributed by atoms with E-state index in [1.807, 2.05) is 0 Å². The van der Waals surface area contributed by atoms with Gasteiger partial charge in [0, 0.05) is 12.3 Å². The molecular weight excluding hydrogens is 222 g/mol. The molecule has 0 bridgehead atoms. The van der Waals surface area contributed by atoms with Crippen molar-refractivity contribution >= 4 is 9.84 Å². The zero-order chi connectivity index (χ0) is 11.8. The third kappa shape index (κ3) is 2.98. The molecule has 2 saturated carbocycles. The Bertz CT molecular complexity index is 335. The van der Waals surface area contributed by atoms with Gasteiger partial charge in [-0.25, -0.2) is 8.42 Å². The molecule has 0 radical (unpaired) electrons. The summed E-state index contributed by atoms with van der Waals surface area (Å²) in [7, 11) is -2.87. The summed E-state index contributed by atoms with van der Waals surface area (Å²) in [6, 6.07) is 0.205. The van der Waals surface area contributed by atoms with Crippen LogP contribution in [0.1, 0.15) is 39.0 Å². The molecule has 3 atom stereocenters. The van der Waals surface area contributed by atoms with Crippen LogP contribution < -0.4 is 5.32 Å². The lowest BCUT2D eigenvalue weighted by atomic mass is 10.1.